The Hall–Kier alpha value is -3.19. The van der Waals surface area contributed by atoms with E-state index in [1.807, 2.05) is 31.2 Å². The first-order valence-corrected chi connectivity index (χ1v) is 10.6. The number of hydrogen-bond donors (Lipinski definition) is 0. The number of hydrogen-bond acceptors (Lipinski definition) is 6. The van der Waals surface area contributed by atoms with E-state index in [4.69, 9.17) is 9.47 Å². The number of anilines is 2. The zero-order chi connectivity index (χ0) is 21.5. The maximum Gasteiger partial charge on any atom is 0.342 e. The number of rotatable bonds is 8. The molecule has 0 saturated heterocycles. The first kappa shape index (κ1) is 21.5. The van der Waals surface area contributed by atoms with Crippen molar-refractivity contribution in [3.8, 4) is 5.75 Å². The normalized spacial score (nSPS) is 10.5. The number of esters is 1. The summed E-state index contributed by atoms with van der Waals surface area (Å²) in [4.78, 5) is 30.8. The molecule has 0 aliphatic heterocycles. The smallest absolute Gasteiger partial charge is 0.342 e. The Morgan fingerprint density at radius 3 is 2.47 bits per heavy atom. The number of carbonyl (C=O) groups excluding carboxylic acids is 2. The van der Waals surface area contributed by atoms with E-state index in [9.17, 15) is 9.59 Å². The molecule has 0 aliphatic rings. The third-order valence-electron chi connectivity index (χ3n) is 4.41. The summed E-state index contributed by atoms with van der Waals surface area (Å²) in [6.45, 7) is 5.91. The van der Waals surface area contributed by atoms with E-state index in [1.54, 1.807) is 34.5 Å². The Labute approximate surface area is 180 Å². The number of nitrogens with zero attached hydrogens (tertiary/aromatic N) is 2. The number of amides is 1. The molecule has 2 aromatic carbocycles. The number of thiazole rings is 1. The van der Waals surface area contributed by atoms with Crippen LogP contribution in [0.2, 0.25) is 0 Å². The molecule has 3 aromatic rings. The summed E-state index contributed by atoms with van der Waals surface area (Å²) in [7, 11) is 0. The fourth-order valence-corrected chi connectivity index (χ4v) is 3.78. The molecule has 0 unspecified atom stereocenters. The molecule has 1 amide bonds. The van der Waals surface area contributed by atoms with Gasteiger partial charge in [0.15, 0.2) is 5.13 Å². The molecule has 6 nitrogen and oxygen atoms in total. The van der Waals surface area contributed by atoms with Crippen LogP contribution in [0.5, 0.6) is 5.75 Å². The highest BCUT2D eigenvalue weighted by molar-refractivity contribution is 7.14. The fraction of sp³-hybridized carbons (Fsp3) is 0.261. The van der Waals surface area contributed by atoms with Crippen LogP contribution < -0.4 is 9.64 Å². The molecule has 30 heavy (non-hydrogen) atoms. The lowest BCUT2D eigenvalue weighted by Gasteiger charge is -2.18. The van der Waals surface area contributed by atoms with Crippen molar-refractivity contribution in [3.05, 3.63) is 70.7 Å². The number of aromatic nitrogens is 1. The van der Waals surface area contributed by atoms with Gasteiger partial charge in [0.1, 0.15) is 17.9 Å². The van der Waals surface area contributed by atoms with Gasteiger partial charge < -0.3 is 9.47 Å². The molecule has 7 heteroatoms. The Morgan fingerprint density at radius 1 is 1.07 bits per heavy atom. The van der Waals surface area contributed by atoms with Crippen molar-refractivity contribution in [1.29, 1.82) is 0 Å². The van der Waals surface area contributed by atoms with E-state index in [2.05, 4.69) is 11.9 Å². The molecule has 0 atom stereocenters. The van der Waals surface area contributed by atoms with Gasteiger partial charge in [0.25, 0.3) is 0 Å². The molecule has 0 saturated carbocycles. The predicted octanol–water partition coefficient (Wildman–Crippen LogP) is 5.15. The molecule has 1 aromatic heterocycles. The molecule has 0 aliphatic carbocycles. The second kappa shape index (κ2) is 10.0. The molecule has 156 valence electrons. The summed E-state index contributed by atoms with van der Waals surface area (Å²) in [5.74, 6) is -0.128. The standard InChI is InChI=1S/C23H24N2O4S/c1-4-17-10-12-19(13-11-17)25(16(3)26)23-24-18(15-30-23)14-29-22(27)20-8-6-7-9-21(20)28-5-2/h6-13,15H,4-5,14H2,1-3H3. The first-order valence-electron chi connectivity index (χ1n) is 9.76. The second-order valence-corrected chi connectivity index (χ2v) is 7.34. The maximum atomic E-state index is 12.5. The Bertz CT molecular complexity index is 1010. The van der Waals surface area contributed by atoms with Crippen LogP contribution in [0.25, 0.3) is 0 Å². The molecule has 0 radical (unpaired) electrons. The van der Waals surface area contributed by atoms with Crippen LogP contribution in [0.1, 0.15) is 42.4 Å². The summed E-state index contributed by atoms with van der Waals surface area (Å²) in [6.07, 6.45) is 0.930. The molecule has 0 fully saturated rings. The first-order chi connectivity index (χ1) is 14.5. The quantitative estimate of drug-likeness (QED) is 0.468. The number of para-hydroxylation sites is 1. The van der Waals surface area contributed by atoms with E-state index in [0.29, 0.717) is 28.7 Å². The molecule has 0 spiro atoms. The predicted molar refractivity (Wildman–Crippen MR) is 117 cm³/mol. The van der Waals surface area contributed by atoms with Crippen molar-refractivity contribution in [2.24, 2.45) is 0 Å². The van der Waals surface area contributed by atoms with Crippen molar-refractivity contribution in [3.63, 3.8) is 0 Å². The third kappa shape index (κ3) is 5.04. The average molecular weight is 425 g/mol. The highest BCUT2D eigenvalue weighted by Gasteiger charge is 2.19. The number of carbonyl (C=O) groups is 2. The van der Waals surface area contributed by atoms with Crippen LogP contribution in [-0.4, -0.2) is 23.5 Å². The zero-order valence-corrected chi connectivity index (χ0v) is 18.1. The van der Waals surface area contributed by atoms with Gasteiger partial charge in [0, 0.05) is 12.3 Å². The lowest BCUT2D eigenvalue weighted by atomic mass is 10.1. The van der Waals surface area contributed by atoms with E-state index in [1.165, 1.54) is 23.8 Å². The Balaban J connectivity index is 1.72. The largest absolute Gasteiger partial charge is 0.493 e. The summed E-state index contributed by atoms with van der Waals surface area (Å²) in [6, 6.07) is 14.8. The molecular formula is C23H24N2O4S. The van der Waals surface area contributed by atoms with Crippen molar-refractivity contribution >= 4 is 34.0 Å². The molecule has 3 rings (SSSR count). The second-order valence-electron chi connectivity index (χ2n) is 6.50. The van der Waals surface area contributed by atoms with Crippen molar-refractivity contribution < 1.29 is 19.1 Å². The fourth-order valence-electron chi connectivity index (χ4n) is 2.91. The van der Waals surface area contributed by atoms with E-state index in [-0.39, 0.29) is 12.5 Å². The summed E-state index contributed by atoms with van der Waals surface area (Å²) >= 11 is 1.33. The van der Waals surface area contributed by atoms with Crippen LogP contribution in [0.3, 0.4) is 0 Å². The summed E-state index contributed by atoms with van der Waals surface area (Å²) in [5.41, 5.74) is 2.90. The molecule has 1 heterocycles. The molecular weight excluding hydrogens is 400 g/mol. The van der Waals surface area contributed by atoms with Gasteiger partial charge in [-0.25, -0.2) is 9.78 Å². The van der Waals surface area contributed by atoms with Crippen molar-refractivity contribution in [2.75, 3.05) is 11.5 Å². The molecule has 0 N–H and O–H groups in total. The minimum atomic E-state index is -0.479. The van der Waals surface area contributed by atoms with Gasteiger partial charge >= 0.3 is 5.97 Å². The number of benzene rings is 2. The highest BCUT2D eigenvalue weighted by Crippen LogP contribution is 2.29. The van der Waals surface area contributed by atoms with Gasteiger partial charge in [0.2, 0.25) is 5.91 Å². The highest BCUT2D eigenvalue weighted by atomic mass is 32.1. The van der Waals surface area contributed by atoms with Gasteiger partial charge in [-0.2, -0.15) is 0 Å². The van der Waals surface area contributed by atoms with E-state index >= 15 is 0 Å². The van der Waals surface area contributed by atoms with Gasteiger partial charge in [-0.15, -0.1) is 11.3 Å². The Morgan fingerprint density at radius 2 is 1.80 bits per heavy atom. The van der Waals surface area contributed by atoms with Crippen LogP contribution in [0.4, 0.5) is 10.8 Å². The van der Waals surface area contributed by atoms with Crippen molar-refractivity contribution in [2.45, 2.75) is 33.8 Å². The van der Waals surface area contributed by atoms with Crippen LogP contribution in [-0.2, 0) is 22.6 Å². The maximum absolute atomic E-state index is 12.5. The molecule has 0 bridgehead atoms. The van der Waals surface area contributed by atoms with Crippen molar-refractivity contribution in [1.82, 2.24) is 4.98 Å². The van der Waals surface area contributed by atoms with E-state index in [0.717, 1.165) is 12.1 Å². The lowest BCUT2D eigenvalue weighted by Crippen LogP contribution is -2.22. The van der Waals surface area contributed by atoms with Gasteiger partial charge in [0.05, 0.1) is 18.0 Å². The summed E-state index contributed by atoms with van der Waals surface area (Å²) in [5, 5.41) is 2.32. The van der Waals surface area contributed by atoms with Crippen LogP contribution in [0.15, 0.2) is 53.9 Å². The minimum Gasteiger partial charge on any atom is -0.493 e. The monoisotopic (exact) mass is 424 g/mol. The average Bonchev–Trinajstić information content (AvgIpc) is 3.21. The minimum absolute atomic E-state index is 0.0102. The summed E-state index contributed by atoms with van der Waals surface area (Å²) < 4.78 is 10.9. The lowest BCUT2D eigenvalue weighted by molar-refractivity contribution is -0.115. The van der Waals surface area contributed by atoms with E-state index < -0.39 is 5.97 Å². The third-order valence-corrected chi connectivity index (χ3v) is 5.28. The van der Waals surface area contributed by atoms with Gasteiger partial charge in [-0.1, -0.05) is 31.2 Å². The topological polar surface area (TPSA) is 68.7 Å². The van der Waals surface area contributed by atoms with Gasteiger partial charge in [-0.3, -0.25) is 9.69 Å². The van der Waals surface area contributed by atoms with Gasteiger partial charge in [-0.05, 0) is 43.2 Å². The SMILES string of the molecule is CCOc1ccccc1C(=O)OCc1csc(N(C(C)=O)c2ccc(CC)cc2)n1. The number of ether oxygens (including phenoxy) is 2. The Kier molecular flexibility index (Phi) is 7.19. The number of aryl methyl sites for hydroxylation is 1. The van der Waals surface area contributed by atoms with Crippen LogP contribution in [0, 0.1) is 0 Å². The zero-order valence-electron chi connectivity index (χ0n) is 17.3. The van der Waals surface area contributed by atoms with Crippen LogP contribution >= 0.6 is 11.3 Å².